The molecular formula is C9H18O. The smallest absolute Gasteiger partial charge is 0.0578 e. The van der Waals surface area contributed by atoms with Crippen LogP contribution in [-0.4, -0.2) is 12.7 Å². The molecule has 1 heteroatoms. The molecule has 1 saturated heterocycles. The molecule has 1 fully saturated rings. The third kappa shape index (κ3) is 1.51. The Morgan fingerprint density at radius 3 is 2.70 bits per heavy atom. The highest BCUT2D eigenvalue weighted by Gasteiger charge is 2.27. The predicted octanol–water partition coefficient (Wildman–Crippen LogP) is 2.46. The summed E-state index contributed by atoms with van der Waals surface area (Å²) in [7, 11) is 0. The van der Waals surface area contributed by atoms with Crippen LogP contribution in [0.4, 0.5) is 0 Å². The second-order valence-corrected chi connectivity index (χ2v) is 3.41. The summed E-state index contributed by atoms with van der Waals surface area (Å²) in [5, 5.41) is 0. The summed E-state index contributed by atoms with van der Waals surface area (Å²) in [6.07, 6.45) is 3.07. The molecule has 0 aliphatic carbocycles. The normalized spacial score (nSPS) is 36.3. The third-order valence-electron chi connectivity index (χ3n) is 2.81. The quantitative estimate of drug-likeness (QED) is 0.575. The summed E-state index contributed by atoms with van der Waals surface area (Å²) in [5.41, 5.74) is 0. The predicted molar refractivity (Wildman–Crippen MR) is 43.0 cm³/mol. The molecule has 0 radical (unpaired) electrons. The Balaban J connectivity index is 2.38. The van der Waals surface area contributed by atoms with E-state index in [0.717, 1.165) is 18.4 Å². The zero-order valence-corrected chi connectivity index (χ0v) is 7.26. The largest absolute Gasteiger partial charge is 0.378 e. The molecule has 0 amide bonds. The van der Waals surface area contributed by atoms with Gasteiger partial charge in [0.05, 0.1) is 6.10 Å². The van der Waals surface area contributed by atoms with Gasteiger partial charge in [0.2, 0.25) is 0 Å². The number of ether oxygens (including phenoxy) is 1. The van der Waals surface area contributed by atoms with Crippen molar-refractivity contribution < 1.29 is 4.74 Å². The molecule has 0 spiro atoms. The van der Waals surface area contributed by atoms with Crippen molar-refractivity contribution >= 4 is 0 Å². The van der Waals surface area contributed by atoms with Crippen LogP contribution in [-0.2, 0) is 4.74 Å². The van der Waals surface area contributed by atoms with E-state index < -0.39 is 0 Å². The minimum Gasteiger partial charge on any atom is -0.378 e. The Morgan fingerprint density at radius 2 is 2.30 bits per heavy atom. The summed E-state index contributed by atoms with van der Waals surface area (Å²) in [5.74, 6) is 1.67. The number of hydrogen-bond donors (Lipinski definition) is 0. The summed E-state index contributed by atoms with van der Waals surface area (Å²) < 4.78 is 5.49. The Hall–Kier alpha value is -0.0400. The van der Waals surface area contributed by atoms with Crippen LogP contribution in [0.1, 0.15) is 33.6 Å². The van der Waals surface area contributed by atoms with Gasteiger partial charge in [0.1, 0.15) is 0 Å². The summed E-state index contributed by atoms with van der Waals surface area (Å²) in [6, 6.07) is 0. The van der Waals surface area contributed by atoms with E-state index in [1.807, 2.05) is 0 Å². The molecule has 3 unspecified atom stereocenters. The average molecular weight is 142 g/mol. The van der Waals surface area contributed by atoms with E-state index >= 15 is 0 Å². The molecule has 1 nitrogen and oxygen atoms in total. The van der Waals surface area contributed by atoms with Crippen molar-refractivity contribution in [2.75, 3.05) is 6.61 Å². The lowest BCUT2D eigenvalue weighted by Gasteiger charge is -2.19. The fourth-order valence-electron chi connectivity index (χ4n) is 1.80. The standard InChI is InChI=1S/C9H18O/c1-4-7(2)9-5-6-10-8(9)3/h7-9H,4-6H2,1-3H3. The first-order valence-corrected chi connectivity index (χ1v) is 4.37. The molecule has 1 aliphatic rings. The van der Waals surface area contributed by atoms with E-state index in [1.54, 1.807) is 0 Å². The first-order valence-electron chi connectivity index (χ1n) is 4.37. The van der Waals surface area contributed by atoms with Gasteiger partial charge in [0.25, 0.3) is 0 Å². The van der Waals surface area contributed by atoms with E-state index in [9.17, 15) is 0 Å². The maximum atomic E-state index is 5.49. The molecule has 60 valence electrons. The van der Waals surface area contributed by atoms with Crippen molar-refractivity contribution in [1.82, 2.24) is 0 Å². The lowest BCUT2D eigenvalue weighted by molar-refractivity contribution is 0.0916. The van der Waals surface area contributed by atoms with E-state index in [0.29, 0.717) is 6.10 Å². The SMILES string of the molecule is CCC(C)C1CCOC1C. The average Bonchev–Trinajstić information content (AvgIpc) is 2.34. The second kappa shape index (κ2) is 3.38. The van der Waals surface area contributed by atoms with E-state index in [4.69, 9.17) is 4.74 Å². The van der Waals surface area contributed by atoms with E-state index in [-0.39, 0.29) is 0 Å². The Morgan fingerprint density at radius 1 is 1.60 bits per heavy atom. The lowest BCUT2D eigenvalue weighted by Crippen LogP contribution is -2.18. The minimum absolute atomic E-state index is 0.509. The molecule has 0 saturated carbocycles. The molecular weight excluding hydrogens is 124 g/mol. The van der Waals surface area contributed by atoms with Gasteiger partial charge >= 0.3 is 0 Å². The molecule has 1 heterocycles. The van der Waals surface area contributed by atoms with Gasteiger partial charge < -0.3 is 4.74 Å². The van der Waals surface area contributed by atoms with Crippen molar-refractivity contribution in [1.29, 1.82) is 0 Å². The van der Waals surface area contributed by atoms with Crippen molar-refractivity contribution in [3.8, 4) is 0 Å². The molecule has 0 aromatic carbocycles. The highest BCUT2D eigenvalue weighted by Crippen LogP contribution is 2.29. The second-order valence-electron chi connectivity index (χ2n) is 3.41. The summed E-state index contributed by atoms with van der Waals surface area (Å²) in [4.78, 5) is 0. The first-order chi connectivity index (χ1) is 4.75. The number of hydrogen-bond acceptors (Lipinski definition) is 1. The molecule has 0 N–H and O–H groups in total. The van der Waals surface area contributed by atoms with Gasteiger partial charge in [0.15, 0.2) is 0 Å². The zero-order valence-electron chi connectivity index (χ0n) is 7.26. The van der Waals surface area contributed by atoms with Gasteiger partial charge in [-0.1, -0.05) is 20.3 Å². The van der Waals surface area contributed by atoms with Crippen LogP contribution >= 0.6 is 0 Å². The van der Waals surface area contributed by atoms with Gasteiger partial charge in [-0.2, -0.15) is 0 Å². The van der Waals surface area contributed by atoms with Crippen molar-refractivity contribution in [3.63, 3.8) is 0 Å². The molecule has 1 rings (SSSR count). The lowest BCUT2D eigenvalue weighted by atomic mass is 9.87. The molecule has 1 aliphatic heterocycles. The van der Waals surface area contributed by atoms with Gasteiger partial charge in [-0.3, -0.25) is 0 Å². The van der Waals surface area contributed by atoms with Gasteiger partial charge in [0, 0.05) is 6.61 Å². The highest BCUT2D eigenvalue weighted by atomic mass is 16.5. The van der Waals surface area contributed by atoms with Crippen molar-refractivity contribution in [2.45, 2.75) is 39.7 Å². The van der Waals surface area contributed by atoms with Crippen LogP contribution in [0.15, 0.2) is 0 Å². The Kier molecular flexibility index (Phi) is 2.72. The summed E-state index contributed by atoms with van der Waals surface area (Å²) in [6.45, 7) is 7.77. The van der Waals surface area contributed by atoms with Gasteiger partial charge in [-0.25, -0.2) is 0 Å². The van der Waals surface area contributed by atoms with Crippen LogP contribution in [0.25, 0.3) is 0 Å². The van der Waals surface area contributed by atoms with Crippen LogP contribution in [0.3, 0.4) is 0 Å². The number of rotatable bonds is 2. The maximum Gasteiger partial charge on any atom is 0.0578 e. The topological polar surface area (TPSA) is 9.23 Å². The third-order valence-corrected chi connectivity index (χ3v) is 2.81. The zero-order chi connectivity index (χ0) is 7.56. The monoisotopic (exact) mass is 142 g/mol. The minimum atomic E-state index is 0.509. The van der Waals surface area contributed by atoms with Crippen LogP contribution in [0.5, 0.6) is 0 Å². The molecule has 0 bridgehead atoms. The van der Waals surface area contributed by atoms with E-state index in [2.05, 4.69) is 20.8 Å². The molecule has 3 atom stereocenters. The van der Waals surface area contributed by atoms with Crippen LogP contribution in [0.2, 0.25) is 0 Å². The first kappa shape index (κ1) is 8.06. The Labute approximate surface area is 63.8 Å². The molecule has 10 heavy (non-hydrogen) atoms. The van der Waals surface area contributed by atoms with Crippen LogP contribution in [0, 0.1) is 11.8 Å². The summed E-state index contributed by atoms with van der Waals surface area (Å²) >= 11 is 0. The van der Waals surface area contributed by atoms with Crippen LogP contribution < -0.4 is 0 Å². The van der Waals surface area contributed by atoms with E-state index in [1.165, 1.54) is 12.8 Å². The maximum absolute atomic E-state index is 5.49. The fourth-order valence-corrected chi connectivity index (χ4v) is 1.80. The van der Waals surface area contributed by atoms with Crippen molar-refractivity contribution in [3.05, 3.63) is 0 Å². The van der Waals surface area contributed by atoms with Crippen molar-refractivity contribution in [2.24, 2.45) is 11.8 Å². The highest BCUT2D eigenvalue weighted by molar-refractivity contribution is 4.76. The van der Waals surface area contributed by atoms with Gasteiger partial charge in [-0.05, 0) is 25.2 Å². The fraction of sp³-hybridized carbons (Fsp3) is 1.00. The molecule has 0 aromatic heterocycles. The molecule has 0 aromatic rings. The van der Waals surface area contributed by atoms with Gasteiger partial charge in [-0.15, -0.1) is 0 Å². The Bertz CT molecular complexity index is 101.